The van der Waals surface area contributed by atoms with Gasteiger partial charge >= 0.3 is 5.69 Å². The highest BCUT2D eigenvalue weighted by Crippen LogP contribution is 2.34. The van der Waals surface area contributed by atoms with Crippen LogP contribution in [0.5, 0.6) is 0 Å². The van der Waals surface area contributed by atoms with E-state index in [0.29, 0.717) is 10.5 Å². The fourth-order valence-electron chi connectivity index (χ4n) is 2.79. The van der Waals surface area contributed by atoms with Gasteiger partial charge in [0, 0.05) is 19.9 Å². The van der Waals surface area contributed by atoms with Gasteiger partial charge in [-0.05, 0) is 26.8 Å². The predicted molar refractivity (Wildman–Crippen MR) is 96.9 cm³/mol. The summed E-state index contributed by atoms with van der Waals surface area (Å²) in [5.74, 6) is 0. The van der Waals surface area contributed by atoms with Crippen LogP contribution in [0.1, 0.15) is 34.6 Å². The van der Waals surface area contributed by atoms with Gasteiger partial charge in [-0.15, -0.1) is 5.06 Å². The van der Waals surface area contributed by atoms with Gasteiger partial charge in [-0.25, -0.2) is 0 Å². The van der Waals surface area contributed by atoms with Crippen LogP contribution in [0.3, 0.4) is 0 Å². The second kappa shape index (κ2) is 6.55. The summed E-state index contributed by atoms with van der Waals surface area (Å²) in [6.45, 7) is 7.86. The molecule has 0 spiro atoms. The Kier molecular flexibility index (Phi) is 4.90. The number of anilines is 1. The lowest BCUT2D eigenvalue weighted by Crippen LogP contribution is -2.57. The molecule has 1 heterocycles. The summed E-state index contributed by atoms with van der Waals surface area (Å²) in [6, 6.07) is 3.05. The Balaban J connectivity index is 2.42. The quantitative estimate of drug-likeness (QED) is 0.259. The number of nitro groups is 2. The molecule has 0 bridgehead atoms. The highest BCUT2D eigenvalue weighted by atomic mass is 16.6. The maximum Gasteiger partial charge on any atom is 0.301 e. The van der Waals surface area contributed by atoms with Crippen molar-refractivity contribution < 1.29 is 19.8 Å². The molecule has 1 unspecified atom stereocenters. The van der Waals surface area contributed by atoms with Crippen molar-refractivity contribution in [1.82, 2.24) is 5.06 Å². The fourth-order valence-corrected chi connectivity index (χ4v) is 2.79. The number of hydrogen-bond acceptors (Lipinski definition) is 9. The third-order valence-electron chi connectivity index (χ3n) is 4.95. The molecule has 0 fully saturated rings. The lowest BCUT2D eigenvalue weighted by molar-refractivity contribution is -0.561. The summed E-state index contributed by atoms with van der Waals surface area (Å²) in [6.07, 6.45) is 0. The molecule has 0 radical (unpaired) electrons. The summed E-state index contributed by atoms with van der Waals surface area (Å²) in [5.41, 5.74) is -0.578. The lowest BCUT2D eigenvalue weighted by atomic mass is 9.99. The number of hydroxylamine groups is 3. The Morgan fingerprint density at radius 2 is 1.85 bits per heavy atom. The molecule has 146 valence electrons. The summed E-state index contributed by atoms with van der Waals surface area (Å²) >= 11 is 0. The van der Waals surface area contributed by atoms with Crippen molar-refractivity contribution >= 4 is 28.5 Å². The van der Waals surface area contributed by atoms with Gasteiger partial charge in [0.25, 0.3) is 11.4 Å². The Morgan fingerprint density at radius 3 is 2.30 bits per heavy atom. The normalized spacial score (nSPS) is 22.8. The Morgan fingerprint density at radius 1 is 1.26 bits per heavy atom. The van der Waals surface area contributed by atoms with E-state index in [4.69, 9.17) is 0 Å². The van der Waals surface area contributed by atoms with Crippen molar-refractivity contribution in [3.8, 4) is 0 Å². The molecule has 12 heteroatoms. The average molecular weight is 380 g/mol. The maximum absolute atomic E-state index is 12.6. The van der Waals surface area contributed by atoms with Gasteiger partial charge in [0.15, 0.2) is 5.71 Å². The topological polar surface area (TPSA) is 160 Å². The summed E-state index contributed by atoms with van der Waals surface area (Å²) in [5, 5.41) is 49.9. The van der Waals surface area contributed by atoms with Crippen LogP contribution in [0.15, 0.2) is 23.3 Å². The number of hydrazone groups is 1. The van der Waals surface area contributed by atoms with Gasteiger partial charge < -0.3 is 10.4 Å². The van der Waals surface area contributed by atoms with Crippen LogP contribution < -0.4 is 5.43 Å². The second-order valence-corrected chi connectivity index (χ2v) is 6.80. The number of non-ortho nitro benzene ring substituents is 1. The molecule has 1 aromatic carbocycles. The third kappa shape index (κ3) is 3.08. The zero-order chi connectivity index (χ0) is 20.7. The van der Waals surface area contributed by atoms with E-state index in [1.165, 1.54) is 13.8 Å². The zero-order valence-electron chi connectivity index (χ0n) is 15.5. The van der Waals surface area contributed by atoms with Crippen molar-refractivity contribution in [3.63, 3.8) is 0 Å². The van der Waals surface area contributed by atoms with E-state index in [-0.39, 0.29) is 11.4 Å². The zero-order valence-corrected chi connectivity index (χ0v) is 15.5. The van der Waals surface area contributed by atoms with E-state index in [1.807, 2.05) is 0 Å². The van der Waals surface area contributed by atoms with Crippen LogP contribution in [0.25, 0.3) is 0 Å². The Hall–Kier alpha value is -3.12. The highest BCUT2D eigenvalue weighted by Gasteiger charge is 2.59. The second-order valence-electron chi connectivity index (χ2n) is 6.80. The molecule has 27 heavy (non-hydrogen) atoms. The van der Waals surface area contributed by atoms with E-state index in [2.05, 4.69) is 10.5 Å². The average Bonchev–Trinajstić information content (AvgIpc) is 2.73. The predicted octanol–water partition coefficient (Wildman–Crippen LogP) is 2.46. The first-order chi connectivity index (χ1) is 12.3. The van der Waals surface area contributed by atoms with Gasteiger partial charge in [0.2, 0.25) is 0 Å². The minimum atomic E-state index is -1.53. The van der Waals surface area contributed by atoms with Gasteiger partial charge in [-0.1, -0.05) is 0 Å². The molecule has 0 saturated carbocycles. The van der Waals surface area contributed by atoms with Crippen LogP contribution >= 0.6 is 0 Å². The molecule has 1 aromatic rings. The fraction of sp³-hybridized carbons (Fsp3) is 0.467. The van der Waals surface area contributed by atoms with Crippen LogP contribution in [-0.4, -0.2) is 47.5 Å². The smallest absolute Gasteiger partial charge is 0.301 e. The van der Waals surface area contributed by atoms with E-state index in [9.17, 15) is 30.6 Å². The molecule has 0 aliphatic carbocycles. The summed E-state index contributed by atoms with van der Waals surface area (Å²) in [4.78, 5) is 20.4. The number of nitro benzene ring substituents is 2. The first-order valence-electron chi connectivity index (χ1n) is 7.89. The van der Waals surface area contributed by atoms with Crippen LogP contribution in [0, 0.1) is 25.4 Å². The number of nitrogens with zero attached hydrogens (tertiary/aromatic N) is 5. The Labute approximate surface area is 154 Å². The van der Waals surface area contributed by atoms with Crippen LogP contribution in [-0.2, 0) is 0 Å². The molecule has 0 saturated heterocycles. The van der Waals surface area contributed by atoms with E-state index < -0.39 is 32.4 Å². The minimum Gasteiger partial charge on any atom is -0.622 e. The summed E-state index contributed by atoms with van der Waals surface area (Å²) in [7, 11) is 0. The van der Waals surface area contributed by atoms with E-state index in [0.717, 1.165) is 23.3 Å². The van der Waals surface area contributed by atoms with Gasteiger partial charge in [-0.2, -0.15) is 9.84 Å². The van der Waals surface area contributed by atoms with E-state index in [1.54, 1.807) is 20.8 Å². The first-order valence-corrected chi connectivity index (χ1v) is 7.89. The molecule has 2 N–H and O–H groups in total. The molecule has 0 amide bonds. The molecular formula is C15H20N6O6. The van der Waals surface area contributed by atoms with Crippen molar-refractivity contribution in [2.45, 2.75) is 45.8 Å². The largest absolute Gasteiger partial charge is 0.622 e. The lowest BCUT2D eigenvalue weighted by Gasteiger charge is -2.32. The van der Waals surface area contributed by atoms with E-state index >= 15 is 0 Å². The van der Waals surface area contributed by atoms with Crippen LogP contribution in [0.2, 0.25) is 0 Å². The van der Waals surface area contributed by atoms with Crippen molar-refractivity contribution in [3.05, 3.63) is 43.6 Å². The highest BCUT2D eigenvalue weighted by molar-refractivity contribution is 5.96. The molecule has 12 nitrogen and oxygen atoms in total. The van der Waals surface area contributed by atoms with Crippen LogP contribution in [0.4, 0.5) is 17.1 Å². The SMILES string of the molecule is CC1=[N+]([O-])C(C)(/C(C)=N/Nc2ccc([N+](=O)[O-])cc2[N+](=O)[O-])N(O)C1(C)C. The van der Waals surface area contributed by atoms with Gasteiger partial charge in [0.1, 0.15) is 16.9 Å². The number of benzene rings is 1. The number of nitrogens with one attached hydrogen (secondary N) is 1. The van der Waals surface area contributed by atoms with Crippen molar-refractivity contribution in [1.29, 1.82) is 0 Å². The first kappa shape index (κ1) is 20.2. The molecule has 1 aliphatic rings. The molecule has 2 rings (SSSR count). The third-order valence-corrected chi connectivity index (χ3v) is 4.95. The molecule has 1 aliphatic heterocycles. The maximum atomic E-state index is 12.6. The molecule has 1 atom stereocenters. The van der Waals surface area contributed by atoms with Crippen molar-refractivity contribution in [2.75, 3.05) is 5.43 Å². The summed E-state index contributed by atoms with van der Waals surface area (Å²) < 4.78 is 0.623. The van der Waals surface area contributed by atoms with Crippen molar-refractivity contribution in [2.24, 2.45) is 5.10 Å². The monoisotopic (exact) mass is 380 g/mol. The molecule has 0 aromatic heterocycles. The van der Waals surface area contributed by atoms with Gasteiger partial charge in [-0.3, -0.25) is 25.7 Å². The van der Waals surface area contributed by atoms with Gasteiger partial charge in [0.05, 0.1) is 15.9 Å². The number of hydrogen-bond donors (Lipinski definition) is 2. The standard InChI is InChI=1S/C15H20N6O6/c1-9(15(5)18(22)10(2)14(3,4)21(15)27)16-17-12-7-6-11(19(23)24)8-13(12)20(25)26/h6-8,17,27H,1-5H3/b16-9+. The number of rotatable bonds is 5. The molecular weight excluding hydrogens is 360 g/mol. The Bertz CT molecular complexity index is 880. The minimum absolute atomic E-state index is 0.0894.